The predicted octanol–water partition coefficient (Wildman–Crippen LogP) is 1.01. The van der Waals surface area contributed by atoms with E-state index >= 15 is 0 Å². The molecule has 2 rings (SSSR count). The van der Waals surface area contributed by atoms with Crippen LogP contribution in [0.1, 0.15) is 13.8 Å². The summed E-state index contributed by atoms with van der Waals surface area (Å²) < 4.78 is 7.23. The van der Waals surface area contributed by atoms with Crippen molar-refractivity contribution < 1.29 is 4.74 Å². The summed E-state index contributed by atoms with van der Waals surface area (Å²) in [7, 11) is 0. The first-order valence-electron chi connectivity index (χ1n) is 6.14. The molecule has 5 nitrogen and oxygen atoms in total. The summed E-state index contributed by atoms with van der Waals surface area (Å²) in [5.41, 5.74) is -0.139. The molecule has 1 aromatic rings. The largest absolute Gasteiger partial charge is 0.374 e. The Morgan fingerprint density at radius 2 is 2.39 bits per heavy atom. The first kappa shape index (κ1) is 13.5. The summed E-state index contributed by atoms with van der Waals surface area (Å²) in [6, 6.07) is 1.82. The van der Waals surface area contributed by atoms with Gasteiger partial charge in [0.2, 0.25) is 0 Å². The van der Waals surface area contributed by atoms with Gasteiger partial charge in [-0.3, -0.25) is 14.3 Å². The molecule has 18 heavy (non-hydrogen) atoms. The Morgan fingerprint density at radius 1 is 1.61 bits per heavy atom. The van der Waals surface area contributed by atoms with Crippen molar-refractivity contribution in [1.29, 1.82) is 0 Å². The minimum absolute atomic E-state index is 0.0295. The van der Waals surface area contributed by atoms with E-state index in [0.717, 1.165) is 13.1 Å². The third kappa shape index (κ3) is 3.31. The molecular formula is C12H18ClN3O2. The van der Waals surface area contributed by atoms with Crippen molar-refractivity contribution in [1.82, 2.24) is 14.5 Å². The maximum Gasteiger partial charge on any atom is 0.254 e. The molecule has 6 heteroatoms. The maximum absolute atomic E-state index is 11.7. The Bertz CT molecular complexity index is 461. The molecule has 1 aliphatic heterocycles. The Balaban J connectivity index is 2.02. The van der Waals surface area contributed by atoms with E-state index < -0.39 is 0 Å². The summed E-state index contributed by atoms with van der Waals surface area (Å²) in [6.07, 6.45) is 1.50. The van der Waals surface area contributed by atoms with E-state index in [1.807, 2.05) is 0 Å². The number of hydrogen-bond acceptors (Lipinski definition) is 4. The molecule has 0 bridgehead atoms. The smallest absolute Gasteiger partial charge is 0.254 e. The Hall–Kier alpha value is -0.910. The van der Waals surface area contributed by atoms with Crippen molar-refractivity contribution in [2.45, 2.75) is 32.5 Å². The summed E-state index contributed by atoms with van der Waals surface area (Å²) in [4.78, 5) is 18.0. The third-order valence-corrected chi connectivity index (χ3v) is 3.35. The highest BCUT2D eigenvalue weighted by atomic mass is 35.5. The lowest BCUT2D eigenvalue weighted by Crippen LogP contribution is -2.47. The van der Waals surface area contributed by atoms with E-state index in [4.69, 9.17) is 16.3 Å². The maximum atomic E-state index is 11.7. The van der Waals surface area contributed by atoms with Crippen LogP contribution in [-0.2, 0) is 11.3 Å². The summed E-state index contributed by atoms with van der Waals surface area (Å²) in [5, 5.41) is 0.226. The van der Waals surface area contributed by atoms with Gasteiger partial charge in [0, 0.05) is 25.2 Å². The second-order valence-electron chi connectivity index (χ2n) is 4.78. The monoisotopic (exact) mass is 271 g/mol. The van der Waals surface area contributed by atoms with Gasteiger partial charge in [0.15, 0.2) is 0 Å². The lowest BCUT2D eigenvalue weighted by Gasteiger charge is -2.35. The van der Waals surface area contributed by atoms with Crippen molar-refractivity contribution in [3.05, 3.63) is 27.9 Å². The molecular weight excluding hydrogens is 254 g/mol. The van der Waals surface area contributed by atoms with Gasteiger partial charge in [-0.05, 0) is 13.8 Å². The van der Waals surface area contributed by atoms with Gasteiger partial charge in [0.1, 0.15) is 5.15 Å². The average Bonchev–Trinajstić information content (AvgIpc) is 2.33. The van der Waals surface area contributed by atoms with Crippen LogP contribution in [0.2, 0.25) is 5.15 Å². The minimum Gasteiger partial charge on any atom is -0.374 e. The summed E-state index contributed by atoms with van der Waals surface area (Å²) in [5.74, 6) is 0. The molecule has 1 saturated heterocycles. The van der Waals surface area contributed by atoms with Crippen molar-refractivity contribution in [2.24, 2.45) is 0 Å². The van der Waals surface area contributed by atoms with Gasteiger partial charge in [0.05, 0.1) is 25.6 Å². The van der Waals surface area contributed by atoms with E-state index in [1.165, 1.54) is 12.4 Å². The summed E-state index contributed by atoms with van der Waals surface area (Å²) >= 11 is 5.66. The minimum atomic E-state index is -0.139. The molecule has 1 unspecified atom stereocenters. The van der Waals surface area contributed by atoms with Crippen LogP contribution >= 0.6 is 11.6 Å². The third-order valence-electron chi connectivity index (χ3n) is 3.15. The van der Waals surface area contributed by atoms with E-state index in [1.54, 1.807) is 4.57 Å². The van der Waals surface area contributed by atoms with Crippen molar-refractivity contribution in [3.8, 4) is 0 Å². The molecule has 0 N–H and O–H groups in total. The van der Waals surface area contributed by atoms with E-state index in [-0.39, 0.29) is 16.8 Å². The van der Waals surface area contributed by atoms with Crippen LogP contribution in [0.5, 0.6) is 0 Å². The normalized spacial score (nSPS) is 21.4. The predicted molar refractivity (Wildman–Crippen MR) is 70.0 cm³/mol. The van der Waals surface area contributed by atoms with E-state index in [9.17, 15) is 4.79 Å². The number of hydrogen-bond donors (Lipinski definition) is 0. The fraction of sp³-hybridized carbons (Fsp3) is 0.667. The molecule has 1 aromatic heterocycles. The van der Waals surface area contributed by atoms with Crippen molar-refractivity contribution in [2.75, 3.05) is 19.7 Å². The SMILES string of the molecule is CC(C)N1CCOC(Cn2cnc(Cl)cc2=O)C1. The van der Waals surface area contributed by atoms with Gasteiger partial charge in [-0.2, -0.15) is 0 Å². The number of halogens is 1. The zero-order valence-corrected chi connectivity index (χ0v) is 11.4. The van der Waals surface area contributed by atoms with Crippen LogP contribution < -0.4 is 5.56 Å². The molecule has 0 saturated carbocycles. The van der Waals surface area contributed by atoms with Gasteiger partial charge in [0.25, 0.3) is 5.56 Å². The molecule has 0 radical (unpaired) electrons. The Kier molecular flexibility index (Phi) is 4.37. The Morgan fingerprint density at radius 3 is 3.06 bits per heavy atom. The topological polar surface area (TPSA) is 47.4 Å². The number of aromatic nitrogens is 2. The quantitative estimate of drug-likeness (QED) is 0.770. The number of rotatable bonds is 3. The lowest BCUT2D eigenvalue weighted by molar-refractivity contribution is -0.0460. The first-order chi connectivity index (χ1) is 8.56. The zero-order valence-electron chi connectivity index (χ0n) is 10.7. The number of morpholine rings is 1. The Labute approximate surface area is 111 Å². The average molecular weight is 272 g/mol. The highest BCUT2D eigenvalue weighted by molar-refractivity contribution is 6.29. The molecule has 1 aliphatic rings. The lowest BCUT2D eigenvalue weighted by atomic mass is 10.2. The number of ether oxygens (including phenoxy) is 1. The van der Waals surface area contributed by atoms with Gasteiger partial charge in [-0.15, -0.1) is 0 Å². The highest BCUT2D eigenvalue weighted by Crippen LogP contribution is 2.10. The van der Waals surface area contributed by atoms with E-state index in [0.29, 0.717) is 19.2 Å². The van der Waals surface area contributed by atoms with E-state index in [2.05, 4.69) is 23.7 Å². The van der Waals surface area contributed by atoms with Gasteiger partial charge >= 0.3 is 0 Å². The zero-order chi connectivity index (χ0) is 13.1. The number of nitrogens with zero attached hydrogens (tertiary/aromatic N) is 3. The second-order valence-corrected chi connectivity index (χ2v) is 5.17. The van der Waals surface area contributed by atoms with Gasteiger partial charge in [-0.1, -0.05) is 11.6 Å². The van der Waals surface area contributed by atoms with Crippen LogP contribution in [-0.4, -0.2) is 46.3 Å². The molecule has 1 atom stereocenters. The first-order valence-corrected chi connectivity index (χ1v) is 6.51. The van der Waals surface area contributed by atoms with Crippen LogP contribution in [0, 0.1) is 0 Å². The summed E-state index contributed by atoms with van der Waals surface area (Å²) in [6.45, 7) is 7.34. The molecule has 0 aromatic carbocycles. The van der Waals surface area contributed by atoms with Crippen LogP contribution in [0.25, 0.3) is 0 Å². The van der Waals surface area contributed by atoms with Crippen molar-refractivity contribution >= 4 is 11.6 Å². The molecule has 2 heterocycles. The molecule has 0 spiro atoms. The fourth-order valence-electron chi connectivity index (χ4n) is 2.08. The van der Waals surface area contributed by atoms with Crippen molar-refractivity contribution in [3.63, 3.8) is 0 Å². The van der Waals surface area contributed by atoms with Crippen LogP contribution in [0.4, 0.5) is 0 Å². The standard InChI is InChI=1S/C12H18ClN3O2/c1-9(2)15-3-4-18-10(6-15)7-16-8-14-11(13)5-12(16)17/h5,8-10H,3-4,6-7H2,1-2H3. The molecule has 1 fully saturated rings. The molecule has 0 amide bonds. The second kappa shape index (κ2) is 5.82. The fourth-order valence-corrected chi connectivity index (χ4v) is 2.22. The van der Waals surface area contributed by atoms with Crippen LogP contribution in [0.3, 0.4) is 0 Å². The van der Waals surface area contributed by atoms with Gasteiger partial charge < -0.3 is 4.74 Å². The molecule has 0 aliphatic carbocycles. The molecule has 100 valence electrons. The highest BCUT2D eigenvalue weighted by Gasteiger charge is 2.22. The van der Waals surface area contributed by atoms with Crippen LogP contribution in [0.15, 0.2) is 17.2 Å². The van der Waals surface area contributed by atoms with Gasteiger partial charge in [-0.25, -0.2) is 4.98 Å².